The van der Waals surface area contributed by atoms with Gasteiger partial charge in [-0.15, -0.1) is 0 Å². The lowest BCUT2D eigenvalue weighted by atomic mass is 9.97. The predicted molar refractivity (Wildman–Crippen MR) is 79.3 cm³/mol. The van der Waals surface area contributed by atoms with Crippen molar-refractivity contribution < 1.29 is 13.5 Å². The van der Waals surface area contributed by atoms with Crippen LogP contribution in [0.2, 0.25) is 0 Å². The van der Waals surface area contributed by atoms with E-state index in [1.165, 1.54) is 12.1 Å². The van der Waals surface area contributed by atoms with Crippen molar-refractivity contribution in [2.75, 3.05) is 0 Å². The molecule has 2 rings (SSSR count). The molecule has 0 bridgehead atoms. The summed E-state index contributed by atoms with van der Waals surface area (Å²) < 4.78 is 33.5. The van der Waals surface area contributed by atoms with Gasteiger partial charge in [-0.05, 0) is 50.1 Å². The summed E-state index contributed by atoms with van der Waals surface area (Å²) in [7, 11) is 0. The number of aryl methyl sites for hydroxylation is 1. The second-order valence-electron chi connectivity index (χ2n) is 5.31. The van der Waals surface area contributed by atoms with Gasteiger partial charge in [0.2, 0.25) is 0 Å². The lowest BCUT2D eigenvalue weighted by Crippen LogP contribution is -2.16. The topological polar surface area (TPSA) is 35.2 Å². The third-order valence-electron chi connectivity index (χ3n) is 3.24. The van der Waals surface area contributed by atoms with Crippen LogP contribution in [-0.4, -0.2) is 6.10 Å². The standard InChI is InChI=1S/C17H19F2NO/c1-10(2)21-13-7-5-12(6-8-13)17(20)15-14(18)9-4-11(3)16(15)19/h4-10,17H,20H2,1-3H3. The first kappa shape index (κ1) is 15.4. The van der Waals surface area contributed by atoms with Crippen molar-refractivity contribution in [3.05, 3.63) is 64.7 Å². The van der Waals surface area contributed by atoms with Gasteiger partial charge in [-0.2, -0.15) is 0 Å². The lowest BCUT2D eigenvalue weighted by Gasteiger charge is -2.16. The highest BCUT2D eigenvalue weighted by Crippen LogP contribution is 2.28. The Morgan fingerprint density at radius 3 is 2.19 bits per heavy atom. The summed E-state index contributed by atoms with van der Waals surface area (Å²) in [5.74, 6) is -0.524. The molecule has 0 aliphatic rings. The molecule has 4 heteroatoms. The summed E-state index contributed by atoms with van der Waals surface area (Å²) in [6, 6.07) is 8.75. The SMILES string of the molecule is Cc1ccc(F)c(C(N)c2ccc(OC(C)C)cc2)c1F. The fourth-order valence-electron chi connectivity index (χ4n) is 2.16. The smallest absolute Gasteiger partial charge is 0.134 e. The van der Waals surface area contributed by atoms with Crippen LogP contribution in [0.3, 0.4) is 0 Å². The van der Waals surface area contributed by atoms with Gasteiger partial charge in [-0.1, -0.05) is 18.2 Å². The number of benzene rings is 2. The molecule has 2 aromatic rings. The van der Waals surface area contributed by atoms with E-state index in [1.54, 1.807) is 31.2 Å². The third-order valence-corrected chi connectivity index (χ3v) is 3.24. The van der Waals surface area contributed by atoms with Gasteiger partial charge in [0.1, 0.15) is 17.4 Å². The van der Waals surface area contributed by atoms with E-state index in [2.05, 4.69) is 0 Å². The van der Waals surface area contributed by atoms with E-state index in [1.807, 2.05) is 13.8 Å². The van der Waals surface area contributed by atoms with Crippen LogP contribution in [0, 0.1) is 18.6 Å². The third kappa shape index (κ3) is 3.39. The molecular weight excluding hydrogens is 272 g/mol. The van der Waals surface area contributed by atoms with Gasteiger partial charge in [-0.3, -0.25) is 0 Å². The highest BCUT2D eigenvalue weighted by molar-refractivity contribution is 5.38. The zero-order valence-electron chi connectivity index (χ0n) is 12.4. The van der Waals surface area contributed by atoms with E-state index in [0.717, 1.165) is 0 Å². The Balaban J connectivity index is 2.32. The summed E-state index contributed by atoms with van der Waals surface area (Å²) in [6.45, 7) is 5.44. The summed E-state index contributed by atoms with van der Waals surface area (Å²) in [4.78, 5) is 0. The highest BCUT2D eigenvalue weighted by Gasteiger charge is 2.20. The van der Waals surface area contributed by atoms with Crippen molar-refractivity contribution in [3.63, 3.8) is 0 Å². The first-order valence-corrected chi connectivity index (χ1v) is 6.87. The molecule has 0 aliphatic heterocycles. The molecule has 2 N–H and O–H groups in total. The maximum Gasteiger partial charge on any atom is 0.134 e. The fraction of sp³-hybridized carbons (Fsp3) is 0.294. The number of ether oxygens (including phenoxy) is 1. The maximum absolute atomic E-state index is 14.1. The Bertz CT molecular complexity index is 623. The number of nitrogens with two attached hydrogens (primary N) is 1. The van der Waals surface area contributed by atoms with Crippen LogP contribution in [0.1, 0.15) is 36.6 Å². The molecule has 112 valence electrons. The van der Waals surface area contributed by atoms with Crippen molar-refractivity contribution in [1.82, 2.24) is 0 Å². The van der Waals surface area contributed by atoms with Crippen molar-refractivity contribution in [3.8, 4) is 5.75 Å². The van der Waals surface area contributed by atoms with Crippen LogP contribution in [0.5, 0.6) is 5.75 Å². The van der Waals surface area contributed by atoms with Crippen molar-refractivity contribution in [2.24, 2.45) is 5.73 Å². The molecule has 0 saturated heterocycles. The molecule has 1 unspecified atom stereocenters. The van der Waals surface area contributed by atoms with Gasteiger partial charge in [0.15, 0.2) is 0 Å². The minimum atomic E-state index is -0.849. The predicted octanol–water partition coefficient (Wildman–Crippen LogP) is 4.11. The Morgan fingerprint density at radius 2 is 1.62 bits per heavy atom. The molecule has 0 heterocycles. The Hall–Kier alpha value is -1.94. The van der Waals surface area contributed by atoms with Crippen LogP contribution in [0.25, 0.3) is 0 Å². The number of hydrogen-bond acceptors (Lipinski definition) is 2. The van der Waals surface area contributed by atoms with Gasteiger partial charge >= 0.3 is 0 Å². The molecule has 21 heavy (non-hydrogen) atoms. The first-order valence-electron chi connectivity index (χ1n) is 6.87. The van der Waals surface area contributed by atoms with E-state index < -0.39 is 17.7 Å². The average Bonchev–Trinajstić information content (AvgIpc) is 2.43. The van der Waals surface area contributed by atoms with Gasteiger partial charge < -0.3 is 10.5 Å². The van der Waals surface area contributed by atoms with Crippen LogP contribution in [0.15, 0.2) is 36.4 Å². The second-order valence-corrected chi connectivity index (χ2v) is 5.31. The Kier molecular flexibility index (Phi) is 4.58. The zero-order valence-corrected chi connectivity index (χ0v) is 12.4. The largest absolute Gasteiger partial charge is 0.491 e. The molecule has 0 fully saturated rings. The molecule has 0 saturated carbocycles. The van der Waals surface area contributed by atoms with Gasteiger partial charge in [0.05, 0.1) is 12.1 Å². The minimum absolute atomic E-state index is 0.0659. The van der Waals surface area contributed by atoms with Crippen LogP contribution in [-0.2, 0) is 0 Å². The van der Waals surface area contributed by atoms with E-state index in [0.29, 0.717) is 16.9 Å². The first-order chi connectivity index (χ1) is 9.90. The fourth-order valence-corrected chi connectivity index (χ4v) is 2.16. The van der Waals surface area contributed by atoms with E-state index in [4.69, 9.17) is 10.5 Å². The van der Waals surface area contributed by atoms with Crippen LogP contribution >= 0.6 is 0 Å². The summed E-state index contributed by atoms with van der Waals surface area (Å²) in [5, 5.41) is 0. The molecule has 2 aromatic carbocycles. The summed E-state index contributed by atoms with van der Waals surface area (Å²) >= 11 is 0. The van der Waals surface area contributed by atoms with E-state index in [9.17, 15) is 8.78 Å². The van der Waals surface area contributed by atoms with Gasteiger partial charge in [-0.25, -0.2) is 8.78 Å². The summed E-state index contributed by atoms with van der Waals surface area (Å²) in [6.07, 6.45) is 0.0659. The number of hydrogen-bond donors (Lipinski definition) is 1. The van der Waals surface area contributed by atoms with Crippen LogP contribution in [0.4, 0.5) is 8.78 Å². The monoisotopic (exact) mass is 291 g/mol. The molecule has 0 radical (unpaired) electrons. The molecule has 2 nitrogen and oxygen atoms in total. The van der Waals surface area contributed by atoms with Crippen molar-refractivity contribution >= 4 is 0 Å². The van der Waals surface area contributed by atoms with E-state index >= 15 is 0 Å². The van der Waals surface area contributed by atoms with Crippen LogP contribution < -0.4 is 10.5 Å². The van der Waals surface area contributed by atoms with Gasteiger partial charge in [0, 0.05) is 5.56 Å². The highest BCUT2D eigenvalue weighted by atomic mass is 19.1. The normalized spacial score (nSPS) is 12.5. The van der Waals surface area contributed by atoms with Crippen molar-refractivity contribution in [1.29, 1.82) is 0 Å². The lowest BCUT2D eigenvalue weighted by molar-refractivity contribution is 0.242. The molecule has 0 spiro atoms. The minimum Gasteiger partial charge on any atom is -0.491 e. The quantitative estimate of drug-likeness (QED) is 0.920. The molecule has 1 atom stereocenters. The second kappa shape index (κ2) is 6.22. The van der Waals surface area contributed by atoms with E-state index in [-0.39, 0.29) is 11.7 Å². The van der Waals surface area contributed by atoms with Gasteiger partial charge in [0.25, 0.3) is 0 Å². The molecule has 0 amide bonds. The Labute approximate surface area is 123 Å². The maximum atomic E-state index is 14.1. The van der Waals surface area contributed by atoms with Crippen molar-refractivity contribution in [2.45, 2.75) is 32.9 Å². The number of halogens is 2. The molecule has 0 aliphatic carbocycles. The number of rotatable bonds is 4. The average molecular weight is 291 g/mol. The zero-order chi connectivity index (χ0) is 15.6. The molecule has 0 aromatic heterocycles. The molecular formula is C17H19F2NO. The Morgan fingerprint density at radius 1 is 1.00 bits per heavy atom. The summed E-state index contributed by atoms with van der Waals surface area (Å²) in [5.41, 5.74) is 6.92.